The maximum Gasteiger partial charge on any atom is 0.342 e. The molecule has 2 N–H and O–H groups in total. The number of nitro benzene ring substituents is 1. The molecule has 0 saturated heterocycles. The van der Waals surface area contributed by atoms with Crippen molar-refractivity contribution in [3.8, 4) is 0 Å². The molecule has 0 amide bonds. The standard InChI is InChI=1S/C15H16N2O4/c18-15(19)10-4-3-9(6-11(10)17(20)21)16-14-12-7-1-2-8(5-7)13(12)14/h3-4,6-8,12-14,16H,1-2,5H2,(H,18,19). The van der Waals surface area contributed by atoms with Gasteiger partial charge in [-0.2, -0.15) is 0 Å². The zero-order valence-electron chi connectivity index (χ0n) is 11.4. The van der Waals surface area contributed by atoms with Gasteiger partial charge in [-0.05, 0) is 55.1 Å². The lowest BCUT2D eigenvalue weighted by Crippen LogP contribution is -2.13. The molecular weight excluding hydrogens is 272 g/mol. The Morgan fingerprint density at radius 3 is 2.52 bits per heavy atom. The Kier molecular flexibility index (Phi) is 2.52. The highest BCUT2D eigenvalue weighted by molar-refractivity contribution is 5.93. The summed E-state index contributed by atoms with van der Waals surface area (Å²) < 4.78 is 0. The van der Waals surface area contributed by atoms with E-state index < -0.39 is 10.9 Å². The number of anilines is 1. The fourth-order valence-electron chi connectivity index (χ4n) is 4.66. The Balaban J connectivity index is 1.55. The van der Waals surface area contributed by atoms with Crippen molar-refractivity contribution in [3.63, 3.8) is 0 Å². The molecule has 0 aromatic heterocycles. The number of benzene rings is 1. The number of hydrogen-bond donors (Lipinski definition) is 2. The van der Waals surface area contributed by atoms with Crippen LogP contribution in [0.15, 0.2) is 18.2 Å². The third-order valence-electron chi connectivity index (χ3n) is 5.49. The number of carboxylic acid groups (broad SMARTS) is 1. The normalized spacial score (nSPS) is 35.3. The number of nitrogens with one attached hydrogen (secondary N) is 1. The molecule has 3 aliphatic rings. The Bertz CT molecular complexity index is 629. The predicted molar refractivity (Wildman–Crippen MR) is 75.3 cm³/mol. The van der Waals surface area contributed by atoms with Crippen LogP contribution < -0.4 is 5.32 Å². The molecule has 0 aliphatic heterocycles. The quantitative estimate of drug-likeness (QED) is 0.656. The van der Waals surface area contributed by atoms with E-state index in [-0.39, 0.29) is 11.3 Å². The molecule has 4 rings (SSSR count). The average molecular weight is 288 g/mol. The molecule has 0 spiro atoms. The zero-order chi connectivity index (χ0) is 14.7. The van der Waals surface area contributed by atoms with E-state index in [1.807, 2.05) is 0 Å². The largest absolute Gasteiger partial charge is 0.477 e. The summed E-state index contributed by atoms with van der Waals surface area (Å²) in [7, 11) is 0. The molecule has 0 heterocycles. The molecule has 4 unspecified atom stereocenters. The number of nitro groups is 1. The van der Waals surface area contributed by atoms with Crippen molar-refractivity contribution in [2.45, 2.75) is 25.3 Å². The summed E-state index contributed by atoms with van der Waals surface area (Å²) in [6.45, 7) is 0. The minimum absolute atomic E-state index is 0.262. The highest BCUT2D eigenvalue weighted by Gasteiger charge is 2.65. The molecule has 1 aromatic rings. The number of rotatable bonds is 4. The van der Waals surface area contributed by atoms with Crippen molar-refractivity contribution in [1.82, 2.24) is 0 Å². The van der Waals surface area contributed by atoms with Gasteiger partial charge in [0.25, 0.3) is 5.69 Å². The van der Waals surface area contributed by atoms with Crippen LogP contribution in [-0.4, -0.2) is 22.0 Å². The van der Waals surface area contributed by atoms with Crippen molar-refractivity contribution in [2.24, 2.45) is 23.7 Å². The summed E-state index contributed by atoms with van der Waals surface area (Å²) in [4.78, 5) is 21.4. The average Bonchev–Trinajstić information content (AvgIpc) is 2.83. The van der Waals surface area contributed by atoms with Gasteiger partial charge in [0.05, 0.1) is 4.92 Å². The lowest BCUT2D eigenvalue weighted by atomic mass is 10.0. The first kappa shape index (κ1) is 12.6. The summed E-state index contributed by atoms with van der Waals surface area (Å²) in [5.41, 5.74) is 0.0494. The van der Waals surface area contributed by atoms with Crippen LogP contribution in [0.25, 0.3) is 0 Å². The van der Waals surface area contributed by atoms with E-state index in [0.29, 0.717) is 11.7 Å². The fraction of sp³-hybridized carbons (Fsp3) is 0.533. The zero-order valence-corrected chi connectivity index (χ0v) is 11.4. The molecule has 0 radical (unpaired) electrons. The van der Waals surface area contributed by atoms with E-state index in [1.165, 1.54) is 31.4 Å². The summed E-state index contributed by atoms with van der Waals surface area (Å²) in [6, 6.07) is 4.72. The Hall–Kier alpha value is -2.11. The summed E-state index contributed by atoms with van der Waals surface area (Å²) in [5.74, 6) is 1.83. The van der Waals surface area contributed by atoms with Gasteiger partial charge < -0.3 is 10.4 Å². The summed E-state index contributed by atoms with van der Waals surface area (Å²) in [6.07, 6.45) is 4.00. The number of aromatic carboxylic acids is 1. The first-order chi connectivity index (χ1) is 10.1. The molecule has 6 heteroatoms. The molecule has 3 aliphatic carbocycles. The van der Waals surface area contributed by atoms with Gasteiger partial charge in [0.15, 0.2) is 0 Å². The molecular formula is C15H16N2O4. The van der Waals surface area contributed by atoms with Gasteiger partial charge in [-0.15, -0.1) is 0 Å². The van der Waals surface area contributed by atoms with Crippen LogP contribution in [0.3, 0.4) is 0 Å². The maximum absolute atomic E-state index is 11.0. The SMILES string of the molecule is O=C(O)c1ccc(NC2C3C4CCC(C4)C23)cc1[N+](=O)[O-]. The monoisotopic (exact) mass is 288 g/mol. The highest BCUT2D eigenvalue weighted by atomic mass is 16.6. The first-order valence-electron chi connectivity index (χ1n) is 7.34. The number of hydrogen-bond acceptors (Lipinski definition) is 4. The van der Waals surface area contributed by atoms with Gasteiger partial charge in [-0.3, -0.25) is 10.1 Å². The summed E-state index contributed by atoms with van der Waals surface area (Å²) in [5, 5.41) is 23.4. The van der Waals surface area contributed by atoms with E-state index >= 15 is 0 Å². The smallest absolute Gasteiger partial charge is 0.342 e. The van der Waals surface area contributed by atoms with Crippen LogP contribution in [0.1, 0.15) is 29.6 Å². The van der Waals surface area contributed by atoms with Crippen LogP contribution in [0.2, 0.25) is 0 Å². The second kappa shape index (κ2) is 4.19. The Labute approximate surface area is 121 Å². The molecule has 21 heavy (non-hydrogen) atoms. The van der Waals surface area contributed by atoms with Crippen molar-refractivity contribution in [2.75, 3.05) is 5.32 Å². The van der Waals surface area contributed by atoms with Gasteiger partial charge >= 0.3 is 5.97 Å². The number of carboxylic acids is 1. The van der Waals surface area contributed by atoms with E-state index in [1.54, 1.807) is 6.07 Å². The van der Waals surface area contributed by atoms with Crippen LogP contribution >= 0.6 is 0 Å². The molecule has 3 fully saturated rings. The Morgan fingerprint density at radius 2 is 1.95 bits per heavy atom. The molecule has 1 aromatic carbocycles. The minimum atomic E-state index is -1.27. The highest BCUT2D eigenvalue weighted by Crippen LogP contribution is 2.66. The molecule has 4 atom stereocenters. The topological polar surface area (TPSA) is 92.5 Å². The molecule has 110 valence electrons. The van der Waals surface area contributed by atoms with Gasteiger partial charge in [0, 0.05) is 17.8 Å². The third-order valence-corrected chi connectivity index (χ3v) is 5.49. The first-order valence-corrected chi connectivity index (χ1v) is 7.34. The third kappa shape index (κ3) is 1.81. The van der Waals surface area contributed by atoms with Crippen LogP contribution in [0, 0.1) is 33.8 Å². The van der Waals surface area contributed by atoms with Crippen molar-refractivity contribution in [1.29, 1.82) is 0 Å². The molecule has 6 nitrogen and oxygen atoms in total. The predicted octanol–water partition coefficient (Wildman–Crippen LogP) is 2.75. The molecule has 3 saturated carbocycles. The van der Waals surface area contributed by atoms with Crippen LogP contribution in [0.4, 0.5) is 11.4 Å². The van der Waals surface area contributed by atoms with Gasteiger partial charge in [0.1, 0.15) is 5.56 Å². The lowest BCUT2D eigenvalue weighted by molar-refractivity contribution is -0.385. The van der Waals surface area contributed by atoms with E-state index in [2.05, 4.69) is 5.32 Å². The minimum Gasteiger partial charge on any atom is -0.477 e. The van der Waals surface area contributed by atoms with Crippen molar-refractivity contribution >= 4 is 17.3 Å². The van der Waals surface area contributed by atoms with E-state index in [0.717, 1.165) is 23.7 Å². The van der Waals surface area contributed by atoms with E-state index in [9.17, 15) is 14.9 Å². The van der Waals surface area contributed by atoms with Gasteiger partial charge in [-0.1, -0.05) is 0 Å². The lowest BCUT2D eigenvalue weighted by Gasteiger charge is -2.12. The van der Waals surface area contributed by atoms with Crippen molar-refractivity contribution < 1.29 is 14.8 Å². The van der Waals surface area contributed by atoms with Crippen LogP contribution in [0.5, 0.6) is 0 Å². The van der Waals surface area contributed by atoms with Gasteiger partial charge in [-0.25, -0.2) is 4.79 Å². The number of fused-ring (bicyclic) bond motifs is 5. The number of carbonyl (C=O) groups is 1. The van der Waals surface area contributed by atoms with Crippen LogP contribution in [-0.2, 0) is 0 Å². The second-order valence-electron chi connectivity index (χ2n) is 6.45. The van der Waals surface area contributed by atoms with Gasteiger partial charge in [0.2, 0.25) is 0 Å². The Morgan fingerprint density at radius 1 is 1.29 bits per heavy atom. The maximum atomic E-state index is 11.0. The molecule has 2 bridgehead atoms. The summed E-state index contributed by atoms with van der Waals surface area (Å²) >= 11 is 0. The van der Waals surface area contributed by atoms with Crippen molar-refractivity contribution in [3.05, 3.63) is 33.9 Å². The van der Waals surface area contributed by atoms with E-state index in [4.69, 9.17) is 5.11 Å². The fourth-order valence-corrected chi connectivity index (χ4v) is 4.66. The number of nitrogens with zero attached hydrogens (tertiary/aromatic N) is 1. The second-order valence-corrected chi connectivity index (χ2v) is 6.45.